The SMILES string of the molecule is COc1cccc(C2=Cc3c(ccc4ccccc34)OC2C=Cc2ccccc2)c1. The molecule has 2 heteroatoms. The van der Waals surface area contributed by atoms with Crippen molar-refractivity contribution < 1.29 is 9.47 Å². The van der Waals surface area contributed by atoms with Crippen molar-refractivity contribution in [1.82, 2.24) is 0 Å². The molecule has 0 saturated heterocycles. The number of hydrogen-bond donors (Lipinski definition) is 0. The van der Waals surface area contributed by atoms with Crippen LogP contribution >= 0.6 is 0 Å². The summed E-state index contributed by atoms with van der Waals surface area (Å²) in [6.07, 6.45) is 6.31. The third kappa shape index (κ3) is 3.48. The van der Waals surface area contributed by atoms with E-state index in [1.54, 1.807) is 7.11 Å². The summed E-state index contributed by atoms with van der Waals surface area (Å²) in [6, 6.07) is 31.1. The van der Waals surface area contributed by atoms with Crippen LogP contribution in [0.25, 0.3) is 28.5 Å². The monoisotopic (exact) mass is 390 g/mol. The molecule has 4 aromatic rings. The van der Waals surface area contributed by atoms with Gasteiger partial charge in [-0.25, -0.2) is 0 Å². The number of ether oxygens (including phenoxy) is 2. The Balaban J connectivity index is 1.65. The van der Waals surface area contributed by atoms with Gasteiger partial charge < -0.3 is 9.47 Å². The molecule has 5 rings (SSSR count). The third-order valence-corrected chi connectivity index (χ3v) is 5.46. The molecule has 1 unspecified atom stereocenters. The maximum absolute atomic E-state index is 6.51. The van der Waals surface area contributed by atoms with E-state index in [1.165, 1.54) is 10.8 Å². The molecule has 0 amide bonds. The molecule has 0 saturated carbocycles. The highest BCUT2D eigenvalue weighted by Crippen LogP contribution is 2.39. The zero-order chi connectivity index (χ0) is 20.3. The molecule has 1 heterocycles. The van der Waals surface area contributed by atoms with E-state index in [0.717, 1.165) is 33.8 Å². The van der Waals surface area contributed by atoms with Gasteiger partial charge >= 0.3 is 0 Å². The third-order valence-electron chi connectivity index (χ3n) is 5.46. The maximum Gasteiger partial charge on any atom is 0.143 e. The molecule has 1 atom stereocenters. The molecule has 0 N–H and O–H groups in total. The predicted octanol–water partition coefficient (Wildman–Crippen LogP) is 6.86. The summed E-state index contributed by atoms with van der Waals surface area (Å²) < 4.78 is 12.0. The van der Waals surface area contributed by atoms with Gasteiger partial charge in [0.25, 0.3) is 0 Å². The van der Waals surface area contributed by atoms with E-state index in [9.17, 15) is 0 Å². The summed E-state index contributed by atoms with van der Waals surface area (Å²) in [7, 11) is 1.69. The molecular weight excluding hydrogens is 368 g/mol. The number of methoxy groups -OCH3 is 1. The van der Waals surface area contributed by atoms with Gasteiger partial charge in [-0.1, -0.05) is 78.9 Å². The second-order valence-electron chi connectivity index (χ2n) is 7.34. The number of rotatable bonds is 4. The van der Waals surface area contributed by atoms with Crippen LogP contribution in [0.5, 0.6) is 11.5 Å². The Kier molecular flexibility index (Phi) is 4.82. The van der Waals surface area contributed by atoms with Crippen LogP contribution in [0.2, 0.25) is 0 Å². The number of benzene rings is 4. The van der Waals surface area contributed by atoms with Gasteiger partial charge in [-0.3, -0.25) is 0 Å². The van der Waals surface area contributed by atoms with E-state index in [-0.39, 0.29) is 6.10 Å². The lowest BCUT2D eigenvalue weighted by molar-refractivity contribution is 0.302. The van der Waals surface area contributed by atoms with Crippen molar-refractivity contribution in [1.29, 1.82) is 0 Å². The zero-order valence-electron chi connectivity index (χ0n) is 16.8. The summed E-state index contributed by atoms with van der Waals surface area (Å²) in [5.74, 6) is 1.74. The first-order chi connectivity index (χ1) is 14.8. The van der Waals surface area contributed by atoms with Crippen molar-refractivity contribution in [2.24, 2.45) is 0 Å². The molecule has 0 aromatic heterocycles. The fraction of sp³-hybridized carbons (Fsp3) is 0.0714. The highest BCUT2D eigenvalue weighted by molar-refractivity contribution is 6.00. The molecule has 1 aliphatic rings. The molecule has 30 heavy (non-hydrogen) atoms. The maximum atomic E-state index is 6.51. The first-order valence-corrected chi connectivity index (χ1v) is 10.1. The van der Waals surface area contributed by atoms with Crippen LogP contribution in [0.1, 0.15) is 16.7 Å². The van der Waals surface area contributed by atoms with E-state index in [0.29, 0.717) is 0 Å². The largest absolute Gasteiger partial charge is 0.497 e. The molecule has 0 aliphatic carbocycles. The van der Waals surface area contributed by atoms with Gasteiger partial charge in [-0.05, 0) is 52.3 Å². The lowest BCUT2D eigenvalue weighted by Crippen LogP contribution is -2.19. The van der Waals surface area contributed by atoms with Gasteiger partial charge in [0.05, 0.1) is 7.11 Å². The Hall–Kier alpha value is -3.78. The predicted molar refractivity (Wildman–Crippen MR) is 125 cm³/mol. The van der Waals surface area contributed by atoms with E-state index in [1.807, 2.05) is 30.3 Å². The van der Waals surface area contributed by atoms with Crippen molar-refractivity contribution in [3.63, 3.8) is 0 Å². The minimum absolute atomic E-state index is 0.189. The Morgan fingerprint density at radius 2 is 1.67 bits per heavy atom. The Bertz CT molecular complexity index is 1250. The van der Waals surface area contributed by atoms with Crippen LogP contribution in [0.3, 0.4) is 0 Å². The molecule has 0 bridgehead atoms. The average Bonchev–Trinajstić information content (AvgIpc) is 2.82. The van der Waals surface area contributed by atoms with Crippen LogP contribution in [-0.4, -0.2) is 13.2 Å². The summed E-state index contributed by atoms with van der Waals surface area (Å²) >= 11 is 0. The van der Waals surface area contributed by atoms with Crippen molar-refractivity contribution >= 4 is 28.5 Å². The average molecular weight is 390 g/mol. The lowest BCUT2D eigenvalue weighted by atomic mass is 9.92. The Labute approximate surface area is 176 Å². The quantitative estimate of drug-likeness (QED) is 0.379. The Morgan fingerprint density at radius 3 is 2.53 bits per heavy atom. The van der Waals surface area contributed by atoms with Crippen LogP contribution in [0.15, 0.2) is 97.1 Å². The summed E-state index contributed by atoms with van der Waals surface area (Å²) in [4.78, 5) is 0. The van der Waals surface area contributed by atoms with E-state index in [2.05, 4.69) is 78.9 Å². The van der Waals surface area contributed by atoms with E-state index < -0.39 is 0 Å². The van der Waals surface area contributed by atoms with Crippen LogP contribution in [0, 0.1) is 0 Å². The number of fused-ring (bicyclic) bond motifs is 3. The van der Waals surface area contributed by atoms with Crippen LogP contribution in [0.4, 0.5) is 0 Å². The molecule has 0 fully saturated rings. The summed E-state index contributed by atoms with van der Waals surface area (Å²) in [5.41, 5.74) is 4.48. The van der Waals surface area contributed by atoms with Gasteiger partial charge in [0.1, 0.15) is 17.6 Å². The molecule has 1 aliphatic heterocycles. The molecule has 0 spiro atoms. The lowest BCUT2D eigenvalue weighted by Gasteiger charge is -2.27. The fourth-order valence-corrected chi connectivity index (χ4v) is 3.92. The van der Waals surface area contributed by atoms with Crippen molar-refractivity contribution in [2.45, 2.75) is 6.10 Å². The van der Waals surface area contributed by atoms with Gasteiger partial charge in [-0.15, -0.1) is 0 Å². The molecule has 146 valence electrons. The summed E-state index contributed by atoms with van der Waals surface area (Å²) in [5, 5.41) is 2.40. The molecule has 4 aromatic carbocycles. The van der Waals surface area contributed by atoms with Gasteiger partial charge in [0, 0.05) is 11.1 Å². The molecule has 0 radical (unpaired) electrons. The van der Waals surface area contributed by atoms with E-state index in [4.69, 9.17) is 9.47 Å². The second kappa shape index (κ2) is 7.92. The smallest absolute Gasteiger partial charge is 0.143 e. The van der Waals surface area contributed by atoms with Gasteiger partial charge in [0.15, 0.2) is 0 Å². The van der Waals surface area contributed by atoms with Crippen LogP contribution in [-0.2, 0) is 0 Å². The van der Waals surface area contributed by atoms with E-state index >= 15 is 0 Å². The second-order valence-corrected chi connectivity index (χ2v) is 7.34. The van der Waals surface area contributed by atoms with Gasteiger partial charge in [0.2, 0.25) is 0 Å². The van der Waals surface area contributed by atoms with Crippen LogP contribution < -0.4 is 9.47 Å². The normalized spacial score (nSPS) is 15.5. The van der Waals surface area contributed by atoms with Crippen molar-refractivity contribution in [3.05, 3.63) is 114 Å². The standard InChI is InChI=1S/C28H22O2/c1-29-23-12-7-11-22(18-23)25-19-26-24-13-6-5-10-21(24)15-17-28(26)30-27(25)16-14-20-8-3-2-4-9-20/h2-19,27H,1H3. The fourth-order valence-electron chi connectivity index (χ4n) is 3.92. The highest BCUT2D eigenvalue weighted by atomic mass is 16.5. The topological polar surface area (TPSA) is 18.5 Å². The summed E-state index contributed by atoms with van der Waals surface area (Å²) in [6.45, 7) is 0. The Morgan fingerprint density at radius 1 is 0.833 bits per heavy atom. The van der Waals surface area contributed by atoms with Crippen molar-refractivity contribution in [2.75, 3.05) is 7.11 Å². The minimum atomic E-state index is -0.189. The molecular formula is C28H22O2. The zero-order valence-corrected chi connectivity index (χ0v) is 16.8. The molecule has 2 nitrogen and oxygen atoms in total. The van der Waals surface area contributed by atoms with Gasteiger partial charge in [-0.2, -0.15) is 0 Å². The first kappa shape index (κ1) is 18.3. The highest BCUT2D eigenvalue weighted by Gasteiger charge is 2.23. The number of hydrogen-bond acceptors (Lipinski definition) is 2. The minimum Gasteiger partial charge on any atom is -0.497 e. The van der Waals surface area contributed by atoms with Crippen molar-refractivity contribution in [3.8, 4) is 11.5 Å². The first-order valence-electron chi connectivity index (χ1n) is 10.1.